The van der Waals surface area contributed by atoms with Crippen molar-refractivity contribution in [3.8, 4) is 11.5 Å². The predicted octanol–water partition coefficient (Wildman–Crippen LogP) is 1.07. The number of carbonyl (C=O) groups is 1. The molecular weight excluding hydrogens is 320 g/mol. The molecule has 0 radical (unpaired) electrons. The number of benzene rings is 1. The number of sulfonamides is 1. The number of carbonyl (C=O) groups excluding carboxylic acids is 1. The van der Waals surface area contributed by atoms with Gasteiger partial charge in [-0.2, -0.15) is 0 Å². The molecule has 2 atom stereocenters. The lowest BCUT2D eigenvalue weighted by molar-refractivity contribution is -0.117. The number of hydrogen-bond donors (Lipinski definition) is 1. The van der Waals surface area contributed by atoms with E-state index >= 15 is 0 Å². The highest BCUT2D eigenvalue weighted by molar-refractivity contribution is 7.91. The molecule has 1 aliphatic heterocycles. The molecule has 23 heavy (non-hydrogen) atoms. The smallest absolute Gasteiger partial charge is 0.247 e. The zero-order valence-corrected chi connectivity index (χ0v) is 14.1. The predicted molar refractivity (Wildman–Crippen MR) is 85.2 cm³/mol. The number of anilines is 1. The number of nitrogens with zero attached hydrogens (tertiary/aromatic N) is 1. The van der Waals surface area contributed by atoms with Crippen LogP contribution < -0.4 is 14.8 Å². The Morgan fingerprint density at radius 3 is 2.74 bits per heavy atom. The van der Waals surface area contributed by atoms with Crippen molar-refractivity contribution in [1.82, 2.24) is 4.31 Å². The van der Waals surface area contributed by atoms with Crippen LogP contribution in [0.15, 0.2) is 18.2 Å². The second kappa shape index (κ2) is 5.38. The summed E-state index contributed by atoms with van der Waals surface area (Å²) in [6.07, 6.45) is 1.09. The Morgan fingerprint density at radius 2 is 2.09 bits per heavy atom. The van der Waals surface area contributed by atoms with Crippen LogP contribution in [0.3, 0.4) is 0 Å². The molecule has 0 unspecified atom stereocenters. The van der Waals surface area contributed by atoms with Crippen LogP contribution in [0.25, 0.3) is 0 Å². The zero-order valence-electron chi connectivity index (χ0n) is 13.3. The van der Waals surface area contributed by atoms with Gasteiger partial charge in [0.25, 0.3) is 0 Å². The summed E-state index contributed by atoms with van der Waals surface area (Å²) in [7, 11) is 0.910. The maximum atomic E-state index is 12.7. The third-order valence-electron chi connectivity index (χ3n) is 4.75. The number of ether oxygens (including phenoxy) is 2. The third kappa shape index (κ3) is 2.28. The van der Waals surface area contributed by atoms with Crippen LogP contribution in [0, 0.1) is 5.92 Å². The Hall–Kier alpha value is -1.80. The summed E-state index contributed by atoms with van der Waals surface area (Å²) < 4.78 is 35.5. The van der Waals surface area contributed by atoms with Gasteiger partial charge in [0.1, 0.15) is 11.5 Å². The van der Waals surface area contributed by atoms with Gasteiger partial charge in [0, 0.05) is 19.7 Å². The van der Waals surface area contributed by atoms with Crippen molar-refractivity contribution in [3.63, 3.8) is 0 Å². The largest absolute Gasteiger partial charge is 0.497 e. The summed E-state index contributed by atoms with van der Waals surface area (Å²) in [6, 6.07) is 4.96. The number of methoxy groups -OCH3 is 2. The molecule has 2 aliphatic rings. The number of fused-ring (bicyclic) bond motifs is 1. The SMILES string of the molecule is COc1ccc(NC(=O)[C@]23C[C@@H]2CCN(C)S3(=O)=O)c(OC)c1. The second-order valence-electron chi connectivity index (χ2n) is 5.93. The molecule has 1 aliphatic carbocycles. The van der Waals surface area contributed by atoms with Gasteiger partial charge in [-0.15, -0.1) is 0 Å². The van der Waals surface area contributed by atoms with Crippen LogP contribution in [0.5, 0.6) is 11.5 Å². The van der Waals surface area contributed by atoms with Gasteiger partial charge in [-0.05, 0) is 30.9 Å². The first-order valence-electron chi connectivity index (χ1n) is 7.36. The Labute approximate surface area is 135 Å². The van der Waals surface area contributed by atoms with Gasteiger partial charge in [-0.25, -0.2) is 12.7 Å². The number of nitrogens with one attached hydrogen (secondary N) is 1. The van der Waals surface area contributed by atoms with E-state index in [9.17, 15) is 13.2 Å². The van der Waals surface area contributed by atoms with E-state index in [0.717, 1.165) is 0 Å². The topological polar surface area (TPSA) is 84.9 Å². The molecule has 1 saturated heterocycles. The average molecular weight is 340 g/mol. The molecule has 1 N–H and O–H groups in total. The minimum atomic E-state index is -3.62. The lowest BCUT2D eigenvalue weighted by Gasteiger charge is -2.29. The number of hydrogen-bond acceptors (Lipinski definition) is 5. The molecule has 3 rings (SSSR count). The van der Waals surface area contributed by atoms with Crippen LogP contribution >= 0.6 is 0 Å². The molecular formula is C15H20N2O5S. The maximum Gasteiger partial charge on any atom is 0.247 e. The van der Waals surface area contributed by atoms with E-state index < -0.39 is 20.7 Å². The summed E-state index contributed by atoms with van der Waals surface area (Å²) in [5, 5.41) is 2.72. The van der Waals surface area contributed by atoms with Crippen molar-refractivity contribution < 1.29 is 22.7 Å². The van der Waals surface area contributed by atoms with Crippen molar-refractivity contribution in [3.05, 3.63) is 18.2 Å². The van der Waals surface area contributed by atoms with Crippen molar-refractivity contribution in [2.45, 2.75) is 17.6 Å². The fourth-order valence-electron chi connectivity index (χ4n) is 3.22. The van der Waals surface area contributed by atoms with Crippen LogP contribution in [0.4, 0.5) is 5.69 Å². The quantitative estimate of drug-likeness (QED) is 0.886. The number of amides is 1. The van der Waals surface area contributed by atoms with Gasteiger partial charge in [0.15, 0.2) is 4.75 Å². The van der Waals surface area contributed by atoms with Gasteiger partial charge in [-0.1, -0.05) is 0 Å². The van der Waals surface area contributed by atoms with E-state index in [2.05, 4.69) is 5.32 Å². The van der Waals surface area contributed by atoms with E-state index in [1.54, 1.807) is 18.2 Å². The van der Waals surface area contributed by atoms with Gasteiger partial charge in [0.2, 0.25) is 15.9 Å². The van der Waals surface area contributed by atoms with Crippen molar-refractivity contribution in [2.24, 2.45) is 5.92 Å². The van der Waals surface area contributed by atoms with Crippen molar-refractivity contribution in [2.75, 3.05) is 33.1 Å². The summed E-state index contributed by atoms with van der Waals surface area (Å²) >= 11 is 0. The standard InChI is InChI=1S/C15H20N2O5S/c1-17-7-6-10-9-15(10,23(17,19)20)14(18)16-12-5-4-11(21-2)8-13(12)22-3/h4-5,8,10H,6-7,9H2,1-3H3,(H,16,18)/t10-,15-/m0/s1. The molecule has 1 saturated carbocycles. The molecule has 1 aromatic carbocycles. The highest BCUT2D eigenvalue weighted by Gasteiger charge is 2.71. The van der Waals surface area contributed by atoms with Crippen LogP contribution in [-0.4, -0.2) is 51.2 Å². The van der Waals surface area contributed by atoms with Crippen molar-refractivity contribution >= 4 is 21.6 Å². The maximum absolute atomic E-state index is 12.7. The summed E-state index contributed by atoms with van der Waals surface area (Å²) in [4.78, 5) is 12.7. The summed E-state index contributed by atoms with van der Waals surface area (Å²) in [5.41, 5.74) is 0.432. The van der Waals surface area contributed by atoms with Gasteiger partial charge >= 0.3 is 0 Å². The monoisotopic (exact) mass is 340 g/mol. The second-order valence-corrected chi connectivity index (χ2v) is 8.23. The molecule has 0 bridgehead atoms. The average Bonchev–Trinajstić information content (AvgIpc) is 3.29. The first-order valence-corrected chi connectivity index (χ1v) is 8.80. The molecule has 1 aromatic rings. The minimum Gasteiger partial charge on any atom is -0.497 e. The van der Waals surface area contributed by atoms with Gasteiger partial charge in [0.05, 0.1) is 19.9 Å². The molecule has 0 aromatic heterocycles. The number of rotatable bonds is 4. The van der Waals surface area contributed by atoms with E-state index in [4.69, 9.17) is 9.47 Å². The fourth-order valence-corrected chi connectivity index (χ4v) is 5.36. The van der Waals surface area contributed by atoms with E-state index in [0.29, 0.717) is 36.6 Å². The summed E-state index contributed by atoms with van der Waals surface area (Å²) in [5.74, 6) is 0.422. The summed E-state index contributed by atoms with van der Waals surface area (Å²) in [6.45, 7) is 0.466. The molecule has 7 nitrogen and oxygen atoms in total. The van der Waals surface area contributed by atoms with E-state index in [1.807, 2.05) is 0 Å². The molecule has 1 amide bonds. The van der Waals surface area contributed by atoms with Gasteiger partial charge < -0.3 is 14.8 Å². The molecule has 1 heterocycles. The normalized spacial score (nSPS) is 28.6. The minimum absolute atomic E-state index is 0.104. The van der Waals surface area contributed by atoms with Crippen LogP contribution in [-0.2, 0) is 14.8 Å². The zero-order chi connectivity index (χ0) is 16.8. The molecule has 126 valence electrons. The fraction of sp³-hybridized carbons (Fsp3) is 0.533. The Morgan fingerprint density at radius 1 is 1.35 bits per heavy atom. The lowest BCUT2D eigenvalue weighted by Crippen LogP contribution is -2.50. The Balaban J connectivity index is 1.89. The molecule has 2 fully saturated rings. The highest BCUT2D eigenvalue weighted by atomic mass is 32.2. The lowest BCUT2D eigenvalue weighted by atomic mass is 10.2. The van der Waals surface area contributed by atoms with Crippen LogP contribution in [0.1, 0.15) is 12.8 Å². The van der Waals surface area contributed by atoms with Crippen molar-refractivity contribution in [1.29, 1.82) is 0 Å². The Kier molecular flexibility index (Phi) is 3.76. The van der Waals surface area contributed by atoms with E-state index in [1.165, 1.54) is 25.6 Å². The Bertz CT molecular complexity index is 748. The molecule has 0 spiro atoms. The highest BCUT2D eigenvalue weighted by Crippen LogP contribution is 2.56. The molecule has 8 heteroatoms. The third-order valence-corrected chi connectivity index (χ3v) is 7.36. The van der Waals surface area contributed by atoms with E-state index in [-0.39, 0.29) is 5.92 Å². The first-order chi connectivity index (χ1) is 10.9. The first kappa shape index (κ1) is 16.1. The van der Waals surface area contributed by atoms with Gasteiger partial charge in [-0.3, -0.25) is 4.79 Å². The van der Waals surface area contributed by atoms with Crippen LogP contribution in [0.2, 0.25) is 0 Å².